The second-order valence-corrected chi connectivity index (χ2v) is 5.38. The summed E-state index contributed by atoms with van der Waals surface area (Å²) < 4.78 is 0. The summed E-state index contributed by atoms with van der Waals surface area (Å²) in [6.07, 6.45) is 0.293. The molecule has 3 N–H and O–H groups in total. The third-order valence-corrected chi connectivity index (χ3v) is 2.71. The van der Waals surface area contributed by atoms with Gasteiger partial charge in [-0.15, -0.1) is 0 Å². The minimum atomic E-state index is -0.496. The number of rotatable bonds is 4. The van der Waals surface area contributed by atoms with Gasteiger partial charge in [0.2, 0.25) is 5.91 Å². The summed E-state index contributed by atoms with van der Waals surface area (Å²) in [6.45, 7) is 5.56. The minimum absolute atomic E-state index is 0.0649. The van der Waals surface area contributed by atoms with Crippen molar-refractivity contribution in [3.63, 3.8) is 0 Å². The van der Waals surface area contributed by atoms with Crippen molar-refractivity contribution in [1.29, 1.82) is 0 Å². The van der Waals surface area contributed by atoms with Crippen molar-refractivity contribution < 1.29 is 4.79 Å². The number of halogens is 1. The molecule has 1 atom stereocenters. The molecular formula is C13H19ClN2O. The van der Waals surface area contributed by atoms with Crippen molar-refractivity contribution in [1.82, 2.24) is 5.32 Å². The van der Waals surface area contributed by atoms with E-state index in [9.17, 15) is 4.79 Å². The van der Waals surface area contributed by atoms with Gasteiger partial charge in [0.05, 0.1) is 6.04 Å². The smallest absolute Gasteiger partial charge is 0.222 e. The lowest BCUT2D eigenvalue weighted by atomic mass is 10.0. The molecule has 0 bridgehead atoms. The van der Waals surface area contributed by atoms with Gasteiger partial charge >= 0.3 is 0 Å². The lowest BCUT2D eigenvalue weighted by molar-refractivity contribution is -0.122. The van der Waals surface area contributed by atoms with Crippen molar-refractivity contribution in [3.05, 3.63) is 34.9 Å². The van der Waals surface area contributed by atoms with Crippen molar-refractivity contribution >= 4 is 17.5 Å². The predicted octanol–water partition coefficient (Wildman–Crippen LogP) is 2.64. The quantitative estimate of drug-likeness (QED) is 0.868. The Kier molecular flexibility index (Phi) is 4.54. The zero-order valence-corrected chi connectivity index (χ0v) is 11.2. The topological polar surface area (TPSA) is 55.1 Å². The molecule has 4 heteroatoms. The van der Waals surface area contributed by atoms with Crippen molar-refractivity contribution in [2.75, 3.05) is 0 Å². The number of carbonyl (C=O) groups is 1. The molecule has 0 aliphatic carbocycles. The van der Waals surface area contributed by atoms with Crippen LogP contribution >= 0.6 is 11.6 Å². The van der Waals surface area contributed by atoms with Crippen LogP contribution in [0.4, 0.5) is 0 Å². The van der Waals surface area contributed by atoms with Crippen LogP contribution in [-0.2, 0) is 4.79 Å². The lowest BCUT2D eigenvalue weighted by Gasteiger charge is -2.21. The average Bonchev–Trinajstić information content (AvgIpc) is 2.14. The molecule has 1 rings (SSSR count). The Hall–Kier alpha value is -1.06. The largest absolute Gasteiger partial charge is 0.349 e. The number of nitrogens with one attached hydrogen (secondary N) is 1. The van der Waals surface area contributed by atoms with Gasteiger partial charge in [0.1, 0.15) is 0 Å². The SMILES string of the molecule is C[C@@H](NC(=O)CC(C)(C)N)c1ccccc1Cl. The fraction of sp³-hybridized carbons (Fsp3) is 0.462. The molecular weight excluding hydrogens is 236 g/mol. The Bertz CT molecular complexity index is 399. The van der Waals surface area contributed by atoms with E-state index < -0.39 is 5.54 Å². The second-order valence-electron chi connectivity index (χ2n) is 4.98. The van der Waals surface area contributed by atoms with E-state index in [1.807, 2.05) is 45.0 Å². The number of carbonyl (C=O) groups excluding carboxylic acids is 1. The molecule has 0 saturated carbocycles. The van der Waals surface area contributed by atoms with Crippen LogP contribution < -0.4 is 11.1 Å². The van der Waals surface area contributed by atoms with E-state index in [2.05, 4.69) is 5.32 Å². The highest BCUT2D eigenvalue weighted by molar-refractivity contribution is 6.31. The molecule has 0 heterocycles. The molecule has 1 amide bonds. The van der Waals surface area contributed by atoms with Crippen LogP contribution in [0.15, 0.2) is 24.3 Å². The van der Waals surface area contributed by atoms with E-state index in [4.69, 9.17) is 17.3 Å². The Morgan fingerprint density at radius 2 is 2.06 bits per heavy atom. The van der Waals surface area contributed by atoms with Crippen LogP contribution in [0.5, 0.6) is 0 Å². The number of benzene rings is 1. The zero-order chi connectivity index (χ0) is 13.1. The van der Waals surface area contributed by atoms with E-state index >= 15 is 0 Å². The van der Waals surface area contributed by atoms with E-state index in [1.165, 1.54) is 0 Å². The Morgan fingerprint density at radius 3 is 2.59 bits per heavy atom. The molecule has 0 fully saturated rings. The first kappa shape index (κ1) is 14.0. The van der Waals surface area contributed by atoms with Crippen LogP contribution in [0.25, 0.3) is 0 Å². The molecule has 0 spiro atoms. The van der Waals surface area contributed by atoms with E-state index in [1.54, 1.807) is 0 Å². The summed E-state index contributed by atoms with van der Waals surface area (Å²) in [5.41, 5.74) is 6.21. The summed E-state index contributed by atoms with van der Waals surface area (Å²) in [5, 5.41) is 3.55. The third kappa shape index (κ3) is 4.75. The van der Waals surface area contributed by atoms with Crippen molar-refractivity contribution in [3.8, 4) is 0 Å². The summed E-state index contributed by atoms with van der Waals surface area (Å²) in [4.78, 5) is 11.7. The first-order valence-electron chi connectivity index (χ1n) is 5.62. The Morgan fingerprint density at radius 1 is 1.47 bits per heavy atom. The van der Waals surface area contributed by atoms with Gasteiger partial charge < -0.3 is 11.1 Å². The second kappa shape index (κ2) is 5.52. The average molecular weight is 255 g/mol. The fourth-order valence-corrected chi connectivity index (χ4v) is 1.91. The van der Waals surface area contributed by atoms with E-state index in [0.29, 0.717) is 11.4 Å². The van der Waals surface area contributed by atoms with Gasteiger partial charge in [-0.3, -0.25) is 4.79 Å². The first-order valence-corrected chi connectivity index (χ1v) is 6.00. The van der Waals surface area contributed by atoms with Gasteiger partial charge in [0.25, 0.3) is 0 Å². The van der Waals surface area contributed by atoms with E-state index in [0.717, 1.165) is 5.56 Å². The maximum Gasteiger partial charge on any atom is 0.222 e. The van der Waals surface area contributed by atoms with Crippen LogP contribution in [-0.4, -0.2) is 11.4 Å². The Balaban J connectivity index is 2.64. The summed E-state index contributed by atoms with van der Waals surface area (Å²) in [5.74, 6) is -0.0649. The van der Waals surface area contributed by atoms with Crippen molar-refractivity contribution in [2.24, 2.45) is 5.73 Å². The maximum atomic E-state index is 11.7. The summed E-state index contributed by atoms with van der Waals surface area (Å²) in [7, 11) is 0. The maximum absolute atomic E-state index is 11.7. The van der Waals surface area contributed by atoms with Gasteiger partial charge in [-0.25, -0.2) is 0 Å². The normalized spacial score (nSPS) is 13.2. The lowest BCUT2D eigenvalue weighted by Crippen LogP contribution is -2.39. The minimum Gasteiger partial charge on any atom is -0.349 e. The Labute approximate surface area is 107 Å². The van der Waals surface area contributed by atoms with Crippen LogP contribution in [0.2, 0.25) is 5.02 Å². The molecule has 1 aromatic rings. The van der Waals surface area contributed by atoms with Crippen LogP contribution in [0, 0.1) is 0 Å². The summed E-state index contributed by atoms with van der Waals surface area (Å²) in [6, 6.07) is 7.37. The zero-order valence-electron chi connectivity index (χ0n) is 10.5. The van der Waals surface area contributed by atoms with Gasteiger partial charge in [0, 0.05) is 17.0 Å². The summed E-state index contributed by atoms with van der Waals surface area (Å²) >= 11 is 6.06. The highest BCUT2D eigenvalue weighted by atomic mass is 35.5. The van der Waals surface area contributed by atoms with Gasteiger partial charge in [-0.05, 0) is 32.4 Å². The fourth-order valence-electron chi connectivity index (χ4n) is 1.61. The van der Waals surface area contributed by atoms with Gasteiger partial charge in [0.15, 0.2) is 0 Å². The monoisotopic (exact) mass is 254 g/mol. The molecule has 17 heavy (non-hydrogen) atoms. The number of amides is 1. The first-order chi connectivity index (χ1) is 7.79. The molecule has 3 nitrogen and oxygen atoms in total. The molecule has 1 aromatic carbocycles. The number of nitrogens with two attached hydrogens (primary N) is 1. The molecule has 94 valence electrons. The van der Waals surface area contributed by atoms with Gasteiger partial charge in [-0.2, -0.15) is 0 Å². The molecule has 0 unspecified atom stereocenters. The predicted molar refractivity (Wildman–Crippen MR) is 70.9 cm³/mol. The van der Waals surface area contributed by atoms with Crippen LogP contribution in [0.3, 0.4) is 0 Å². The molecule has 0 aliphatic rings. The standard InChI is InChI=1S/C13H19ClN2O/c1-9(10-6-4-5-7-11(10)14)16-12(17)8-13(2,3)15/h4-7,9H,8,15H2,1-3H3,(H,16,17)/t9-/m1/s1. The molecule has 0 radical (unpaired) electrons. The van der Waals surface area contributed by atoms with E-state index in [-0.39, 0.29) is 11.9 Å². The highest BCUT2D eigenvalue weighted by Gasteiger charge is 2.18. The van der Waals surface area contributed by atoms with Crippen molar-refractivity contribution in [2.45, 2.75) is 38.8 Å². The van der Waals surface area contributed by atoms with Crippen LogP contribution in [0.1, 0.15) is 38.8 Å². The third-order valence-electron chi connectivity index (χ3n) is 2.37. The van der Waals surface area contributed by atoms with Gasteiger partial charge in [-0.1, -0.05) is 29.8 Å². The highest BCUT2D eigenvalue weighted by Crippen LogP contribution is 2.22. The number of hydrogen-bond donors (Lipinski definition) is 2. The molecule has 0 aliphatic heterocycles. The molecule has 0 saturated heterocycles. The number of hydrogen-bond acceptors (Lipinski definition) is 2. The molecule has 0 aromatic heterocycles.